The highest BCUT2D eigenvalue weighted by atomic mass is 16.2. The first-order valence-corrected chi connectivity index (χ1v) is 6.58. The lowest BCUT2D eigenvalue weighted by molar-refractivity contribution is -0.120. The van der Waals surface area contributed by atoms with Gasteiger partial charge in [-0.25, -0.2) is 5.43 Å². The van der Waals surface area contributed by atoms with Crippen molar-refractivity contribution in [1.29, 1.82) is 0 Å². The van der Waals surface area contributed by atoms with Crippen molar-refractivity contribution >= 4 is 12.1 Å². The van der Waals surface area contributed by atoms with E-state index in [-0.39, 0.29) is 5.91 Å². The summed E-state index contributed by atoms with van der Waals surface area (Å²) in [6.45, 7) is 4.08. The molecule has 0 radical (unpaired) electrons. The minimum absolute atomic E-state index is 0.114. The van der Waals surface area contributed by atoms with Crippen LogP contribution >= 0.6 is 0 Å². The molecule has 0 fully saturated rings. The summed E-state index contributed by atoms with van der Waals surface area (Å²) in [7, 11) is 0. The highest BCUT2D eigenvalue weighted by Gasteiger charge is 2.01. The highest BCUT2D eigenvalue weighted by Crippen LogP contribution is 2.07. The number of amides is 1. The van der Waals surface area contributed by atoms with E-state index in [1.807, 2.05) is 49.4 Å². The predicted molar refractivity (Wildman–Crippen MR) is 81.8 cm³/mol. The Balaban J connectivity index is 1.91. The summed E-state index contributed by atoms with van der Waals surface area (Å²) >= 11 is 0. The molecule has 2 aromatic carbocycles. The Bertz CT molecular complexity index is 618. The zero-order valence-electron chi connectivity index (χ0n) is 11.8. The molecule has 0 aliphatic heterocycles. The van der Waals surface area contributed by atoms with Crippen LogP contribution in [0.25, 0.3) is 0 Å². The van der Waals surface area contributed by atoms with Gasteiger partial charge in [0.2, 0.25) is 5.91 Å². The van der Waals surface area contributed by atoms with Crippen molar-refractivity contribution < 1.29 is 4.79 Å². The Morgan fingerprint density at radius 3 is 2.60 bits per heavy atom. The minimum atomic E-state index is -0.114. The van der Waals surface area contributed by atoms with Gasteiger partial charge in [-0.1, -0.05) is 54.1 Å². The van der Waals surface area contributed by atoms with Crippen molar-refractivity contribution in [2.75, 3.05) is 0 Å². The van der Waals surface area contributed by atoms with Crippen LogP contribution in [0.5, 0.6) is 0 Å². The van der Waals surface area contributed by atoms with E-state index in [0.717, 1.165) is 16.7 Å². The van der Waals surface area contributed by atoms with E-state index in [1.165, 1.54) is 5.56 Å². The van der Waals surface area contributed by atoms with E-state index in [4.69, 9.17) is 0 Å². The quantitative estimate of drug-likeness (QED) is 0.671. The van der Waals surface area contributed by atoms with Gasteiger partial charge in [-0.15, -0.1) is 0 Å². The Morgan fingerprint density at radius 1 is 1.15 bits per heavy atom. The average molecular weight is 266 g/mol. The first-order valence-electron chi connectivity index (χ1n) is 6.58. The normalized spacial score (nSPS) is 10.7. The van der Waals surface area contributed by atoms with Crippen molar-refractivity contribution in [2.24, 2.45) is 5.10 Å². The van der Waals surface area contributed by atoms with Crippen molar-refractivity contribution in [3.63, 3.8) is 0 Å². The standard InChI is InChI=1S/C17H18N2O/c1-13-8-9-16(14(2)10-13)12-18-19-17(20)11-15-6-4-3-5-7-15/h3-10,12H,11H2,1-2H3,(H,19,20)/b18-12+. The summed E-state index contributed by atoms with van der Waals surface area (Å²) in [6, 6.07) is 15.7. The van der Waals surface area contributed by atoms with Crippen LogP contribution in [0.4, 0.5) is 0 Å². The van der Waals surface area contributed by atoms with Crippen LogP contribution in [0.2, 0.25) is 0 Å². The molecular weight excluding hydrogens is 248 g/mol. The molecule has 0 heterocycles. The summed E-state index contributed by atoms with van der Waals surface area (Å²) in [6.07, 6.45) is 2.02. The maximum Gasteiger partial charge on any atom is 0.244 e. The van der Waals surface area contributed by atoms with Gasteiger partial charge in [-0.05, 0) is 30.5 Å². The molecule has 2 aromatic rings. The summed E-state index contributed by atoms with van der Waals surface area (Å²) in [5.41, 5.74) is 6.90. The molecule has 0 aliphatic rings. The third kappa shape index (κ3) is 4.05. The van der Waals surface area contributed by atoms with E-state index in [2.05, 4.69) is 23.5 Å². The number of hydrazone groups is 1. The van der Waals surface area contributed by atoms with Crippen LogP contribution in [0.1, 0.15) is 22.3 Å². The SMILES string of the molecule is Cc1ccc(/C=N/NC(=O)Cc2ccccc2)c(C)c1. The molecule has 102 valence electrons. The van der Waals surface area contributed by atoms with E-state index < -0.39 is 0 Å². The van der Waals surface area contributed by atoms with Crippen LogP contribution < -0.4 is 5.43 Å². The number of benzene rings is 2. The highest BCUT2D eigenvalue weighted by molar-refractivity contribution is 5.84. The number of carbonyl (C=O) groups excluding carboxylic acids is 1. The smallest absolute Gasteiger partial charge is 0.244 e. The number of hydrogen-bond donors (Lipinski definition) is 1. The molecule has 0 aliphatic carbocycles. The first kappa shape index (κ1) is 14.0. The van der Waals surface area contributed by atoms with Gasteiger partial charge < -0.3 is 0 Å². The summed E-state index contributed by atoms with van der Waals surface area (Å²) in [5.74, 6) is -0.114. The van der Waals surface area contributed by atoms with Gasteiger partial charge in [0.25, 0.3) is 0 Å². The second-order valence-corrected chi connectivity index (χ2v) is 4.82. The topological polar surface area (TPSA) is 41.5 Å². The van der Waals surface area contributed by atoms with Gasteiger partial charge in [-0.3, -0.25) is 4.79 Å². The van der Waals surface area contributed by atoms with Crippen LogP contribution in [-0.2, 0) is 11.2 Å². The van der Waals surface area contributed by atoms with Crippen LogP contribution in [0.15, 0.2) is 53.6 Å². The molecule has 0 spiro atoms. The fraction of sp³-hybridized carbons (Fsp3) is 0.176. The molecule has 0 aromatic heterocycles. The lowest BCUT2D eigenvalue weighted by Gasteiger charge is -2.02. The van der Waals surface area contributed by atoms with Crippen molar-refractivity contribution in [2.45, 2.75) is 20.3 Å². The predicted octanol–water partition coefficient (Wildman–Crippen LogP) is 3.00. The minimum Gasteiger partial charge on any atom is -0.273 e. The number of nitrogens with zero attached hydrogens (tertiary/aromatic N) is 1. The number of nitrogens with one attached hydrogen (secondary N) is 1. The van der Waals surface area contributed by atoms with E-state index in [1.54, 1.807) is 6.21 Å². The van der Waals surface area contributed by atoms with Gasteiger partial charge in [0.15, 0.2) is 0 Å². The number of aryl methyl sites for hydroxylation is 2. The summed E-state index contributed by atoms with van der Waals surface area (Å²) in [5, 5.41) is 4.00. The van der Waals surface area contributed by atoms with Gasteiger partial charge in [-0.2, -0.15) is 5.10 Å². The van der Waals surface area contributed by atoms with Gasteiger partial charge in [0.05, 0.1) is 12.6 Å². The Hall–Kier alpha value is -2.42. The monoisotopic (exact) mass is 266 g/mol. The third-order valence-electron chi connectivity index (χ3n) is 3.03. The molecule has 0 bridgehead atoms. The van der Waals surface area contributed by atoms with Crippen molar-refractivity contribution in [1.82, 2.24) is 5.43 Å². The largest absolute Gasteiger partial charge is 0.273 e. The first-order chi connectivity index (χ1) is 9.65. The molecule has 2 rings (SSSR count). The lowest BCUT2D eigenvalue weighted by atomic mass is 10.1. The molecular formula is C17H18N2O. The van der Waals surface area contributed by atoms with Crippen molar-refractivity contribution in [3.05, 3.63) is 70.8 Å². The van der Waals surface area contributed by atoms with Crippen molar-refractivity contribution in [3.8, 4) is 0 Å². The molecule has 0 saturated carbocycles. The van der Waals surface area contributed by atoms with E-state index >= 15 is 0 Å². The van der Waals surface area contributed by atoms with Gasteiger partial charge in [0.1, 0.15) is 0 Å². The zero-order valence-corrected chi connectivity index (χ0v) is 11.8. The summed E-state index contributed by atoms with van der Waals surface area (Å²) in [4.78, 5) is 11.7. The molecule has 0 atom stereocenters. The van der Waals surface area contributed by atoms with Gasteiger partial charge in [0, 0.05) is 0 Å². The van der Waals surface area contributed by atoms with E-state index in [0.29, 0.717) is 6.42 Å². The fourth-order valence-electron chi connectivity index (χ4n) is 1.97. The number of rotatable bonds is 4. The molecule has 20 heavy (non-hydrogen) atoms. The molecule has 3 heteroatoms. The van der Waals surface area contributed by atoms with Crippen LogP contribution in [-0.4, -0.2) is 12.1 Å². The fourth-order valence-corrected chi connectivity index (χ4v) is 1.97. The van der Waals surface area contributed by atoms with Crippen LogP contribution in [0, 0.1) is 13.8 Å². The molecule has 0 saturated heterocycles. The maximum absolute atomic E-state index is 11.7. The second kappa shape index (κ2) is 6.66. The second-order valence-electron chi connectivity index (χ2n) is 4.82. The van der Waals surface area contributed by atoms with E-state index in [9.17, 15) is 4.79 Å². The molecule has 1 amide bonds. The molecule has 3 nitrogen and oxygen atoms in total. The lowest BCUT2D eigenvalue weighted by Crippen LogP contribution is -2.19. The van der Waals surface area contributed by atoms with Crippen LogP contribution in [0.3, 0.4) is 0 Å². The zero-order chi connectivity index (χ0) is 14.4. The number of hydrogen-bond acceptors (Lipinski definition) is 2. The maximum atomic E-state index is 11.7. The van der Waals surface area contributed by atoms with Gasteiger partial charge >= 0.3 is 0 Å². The molecule has 0 unspecified atom stereocenters. The Labute approximate surface area is 119 Å². The number of carbonyl (C=O) groups is 1. The molecule has 1 N–H and O–H groups in total. The Kier molecular flexibility index (Phi) is 4.66. The third-order valence-corrected chi connectivity index (χ3v) is 3.03. The summed E-state index contributed by atoms with van der Waals surface area (Å²) < 4.78 is 0. The Morgan fingerprint density at radius 2 is 1.90 bits per heavy atom. The average Bonchev–Trinajstić information content (AvgIpc) is 2.42.